The second kappa shape index (κ2) is 2.22. The minimum absolute atomic E-state index is 0.734. The lowest BCUT2D eigenvalue weighted by Crippen LogP contribution is -2.11. The predicted molar refractivity (Wildman–Crippen MR) is 41.0 cm³/mol. The maximum atomic E-state index is 5.83. The van der Waals surface area contributed by atoms with E-state index in [1.807, 2.05) is 6.08 Å². The fraction of sp³-hybridized carbons (Fsp3) is 0.500. The average Bonchev–Trinajstić information content (AvgIpc) is 1.82. The van der Waals surface area contributed by atoms with Crippen molar-refractivity contribution in [3.63, 3.8) is 0 Å². The molecule has 0 aromatic rings. The summed E-state index contributed by atoms with van der Waals surface area (Å²) in [6.45, 7) is -1.88. The molecule has 0 saturated heterocycles. The Morgan fingerprint density at radius 2 is 2.12 bits per heavy atom. The van der Waals surface area contributed by atoms with Crippen LogP contribution in [-0.2, 0) is 0 Å². The fourth-order valence-electron chi connectivity index (χ4n) is 0.651. The molecule has 46 valence electrons. The Bertz CT molecular complexity index is 129. The highest BCUT2D eigenvalue weighted by Crippen LogP contribution is 2.37. The Kier molecular flexibility index (Phi) is 1.92. The molecule has 1 heterocycles. The van der Waals surface area contributed by atoms with E-state index in [9.17, 15) is 0 Å². The molecule has 0 fully saturated rings. The molecule has 8 heavy (non-hydrogen) atoms. The number of halogens is 3. The zero-order chi connectivity index (χ0) is 6.20. The lowest BCUT2D eigenvalue weighted by atomic mass is 10.6. The minimum atomic E-state index is -1.88. The Labute approximate surface area is 63.8 Å². The fourth-order valence-corrected chi connectivity index (χ4v) is 4.61. The van der Waals surface area contributed by atoms with Gasteiger partial charge in [-0.25, -0.2) is 0 Å². The molecule has 0 N–H and O–H groups in total. The molecule has 0 bridgehead atoms. The molecule has 4 heteroatoms. The Morgan fingerprint density at radius 1 is 1.50 bits per heavy atom. The first-order valence-electron chi connectivity index (χ1n) is 2.32. The number of rotatable bonds is 0. The van der Waals surface area contributed by atoms with E-state index in [1.54, 1.807) is 0 Å². The maximum Gasteiger partial charge on any atom is 0.260 e. The van der Waals surface area contributed by atoms with E-state index in [2.05, 4.69) is 0 Å². The van der Waals surface area contributed by atoms with Crippen LogP contribution in [0.4, 0.5) is 0 Å². The second-order valence-electron chi connectivity index (χ2n) is 1.89. The summed E-state index contributed by atoms with van der Waals surface area (Å²) in [5, 5.41) is 0.835. The van der Waals surface area contributed by atoms with Crippen molar-refractivity contribution in [2.75, 3.05) is 0 Å². The summed E-state index contributed by atoms with van der Waals surface area (Å²) in [4.78, 5) is 0. The summed E-state index contributed by atoms with van der Waals surface area (Å²) < 4.78 is 0. The first-order chi connectivity index (χ1) is 3.60. The molecule has 0 atom stereocenters. The molecule has 0 radical (unpaired) electrons. The van der Waals surface area contributed by atoms with Crippen LogP contribution in [0.3, 0.4) is 0 Å². The Hall–Kier alpha value is 0.827. The molecule has 0 unspecified atom stereocenters. The topological polar surface area (TPSA) is 0 Å². The van der Waals surface area contributed by atoms with Crippen LogP contribution in [0.1, 0.15) is 0 Å². The van der Waals surface area contributed by atoms with Gasteiger partial charge in [-0.15, -0.1) is 22.2 Å². The molecule has 1 rings (SSSR count). The highest BCUT2D eigenvalue weighted by molar-refractivity contribution is 7.46. The lowest BCUT2D eigenvalue weighted by Gasteiger charge is -2.04. The molecule has 0 aromatic heterocycles. The Morgan fingerprint density at radius 3 is 2.25 bits per heavy atom. The average molecular weight is 188 g/mol. The van der Waals surface area contributed by atoms with E-state index >= 15 is 0 Å². The van der Waals surface area contributed by atoms with Crippen LogP contribution >= 0.6 is 33.8 Å². The zero-order valence-corrected chi connectivity index (χ0v) is 7.39. The van der Waals surface area contributed by atoms with Gasteiger partial charge in [-0.05, 0) is 6.04 Å². The summed E-state index contributed by atoms with van der Waals surface area (Å²) in [5.74, 6) is 0. The predicted octanol–water partition coefficient (Wildman–Crippen LogP) is 3.04. The van der Waals surface area contributed by atoms with Gasteiger partial charge < -0.3 is 0 Å². The Balaban J connectivity index is 2.55. The largest absolute Gasteiger partial charge is 0.260 e. The van der Waals surface area contributed by atoms with Gasteiger partial charge in [-0.2, -0.15) is 0 Å². The minimum Gasteiger partial charge on any atom is -0.145 e. The van der Waals surface area contributed by atoms with Crippen LogP contribution in [-0.4, -0.2) is 6.69 Å². The highest BCUT2D eigenvalue weighted by atomic mass is 35.7. The molecule has 1 aliphatic heterocycles. The van der Waals surface area contributed by atoms with E-state index in [0.717, 1.165) is 17.1 Å². The van der Waals surface area contributed by atoms with Crippen LogP contribution < -0.4 is 0 Å². The van der Waals surface area contributed by atoms with Crippen molar-refractivity contribution >= 4 is 40.5 Å². The van der Waals surface area contributed by atoms with Crippen molar-refractivity contribution in [1.82, 2.24) is 0 Å². The standard InChI is InChI=1S/C4H5Cl3Si/c5-4-1-2-8(6,7)3-4/h1H,2-3H2. The van der Waals surface area contributed by atoms with Gasteiger partial charge in [0.15, 0.2) is 0 Å². The van der Waals surface area contributed by atoms with E-state index in [1.165, 1.54) is 0 Å². The third-order valence-electron chi connectivity index (χ3n) is 1.05. The summed E-state index contributed by atoms with van der Waals surface area (Å²) in [7, 11) is 0. The number of allylic oxidation sites excluding steroid dienone is 2. The van der Waals surface area contributed by atoms with Gasteiger partial charge in [0.05, 0.1) is 0 Å². The molecule has 0 aromatic carbocycles. The van der Waals surface area contributed by atoms with Crippen molar-refractivity contribution in [1.29, 1.82) is 0 Å². The van der Waals surface area contributed by atoms with E-state index in [0.29, 0.717) is 0 Å². The molecule has 0 amide bonds. The van der Waals surface area contributed by atoms with Crippen molar-refractivity contribution in [2.45, 2.75) is 12.1 Å². The third kappa shape index (κ3) is 1.66. The molecular formula is C4H5Cl3Si. The van der Waals surface area contributed by atoms with Gasteiger partial charge >= 0.3 is 0 Å². The highest BCUT2D eigenvalue weighted by Gasteiger charge is 2.32. The van der Waals surface area contributed by atoms with Gasteiger partial charge in [0.1, 0.15) is 0 Å². The molecule has 0 aliphatic carbocycles. The summed E-state index contributed by atoms with van der Waals surface area (Å²) in [6, 6.07) is 1.55. The molecular weight excluding hydrogens is 182 g/mol. The summed E-state index contributed by atoms with van der Waals surface area (Å²) in [6.07, 6.45) is 1.91. The van der Waals surface area contributed by atoms with Gasteiger partial charge in [0, 0.05) is 11.1 Å². The van der Waals surface area contributed by atoms with E-state index < -0.39 is 6.69 Å². The maximum absolute atomic E-state index is 5.83. The van der Waals surface area contributed by atoms with Gasteiger partial charge in [0.2, 0.25) is 0 Å². The van der Waals surface area contributed by atoms with Crippen molar-refractivity contribution in [3.05, 3.63) is 11.1 Å². The molecule has 0 saturated carbocycles. The molecule has 1 aliphatic rings. The monoisotopic (exact) mass is 186 g/mol. The quantitative estimate of drug-likeness (QED) is 0.404. The van der Waals surface area contributed by atoms with Crippen LogP contribution in [0.15, 0.2) is 11.1 Å². The van der Waals surface area contributed by atoms with Crippen molar-refractivity contribution < 1.29 is 0 Å². The molecule has 0 nitrogen and oxygen atoms in total. The van der Waals surface area contributed by atoms with Crippen LogP contribution in [0, 0.1) is 0 Å². The van der Waals surface area contributed by atoms with E-state index in [-0.39, 0.29) is 0 Å². The molecule has 0 spiro atoms. The first kappa shape index (κ1) is 6.94. The van der Waals surface area contributed by atoms with Gasteiger partial charge in [0.25, 0.3) is 6.69 Å². The van der Waals surface area contributed by atoms with Crippen LogP contribution in [0.5, 0.6) is 0 Å². The van der Waals surface area contributed by atoms with Crippen LogP contribution in [0.2, 0.25) is 12.1 Å². The number of hydrogen-bond donors (Lipinski definition) is 0. The number of hydrogen-bond acceptors (Lipinski definition) is 0. The smallest absolute Gasteiger partial charge is 0.145 e. The van der Waals surface area contributed by atoms with Gasteiger partial charge in [-0.1, -0.05) is 17.7 Å². The van der Waals surface area contributed by atoms with E-state index in [4.69, 9.17) is 33.8 Å². The summed E-state index contributed by atoms with van der Waals surface area (Å²) in [5.41, 5.74) is 0. The first-order valence-corrected chi connectivity index (χ1v) is 7.14. The normalized spacial score (nSPS) is 25.6. The van der Waals surface area contributed by atoms with Gasteiger partial charge in [-0.3, -0.25) is 0 Å². The third-order valence-corrected chi connectivity index (χ3v) is 4.99. The zero-order valence-electron chi connectivity index (χ0n) is 4.13. The van der Waals surface area contributed by atoms with Crippen molar-refractivity contribution in [3.8, 4) is 0 Å². The SMILES string of the molecule is ClC1=CC[Si](Cl)(Cl)C1. The summed E-state index contributed by atoms with van der Waals surface area (Å²) >= 11 is 17.3. The van der Waals surface area contributed by atoms with Crippen molar-refractivity contribution in [2.24, 2.45) is 0 Å². The second-order valence-corrected chi connectivity index (χ2v) is 9.77. The van der Waals surface area contributed by atoms with Crippen LogP contribution in [0.25, 0.3) is 0 Å². The lowest BCUT2D eigenvalue weighted by molar-refractivity contribution is 1.67.